The van der Waals surface area contributed by atoms with Crippen molar-refractivity contribution in [2.24, 2.45) is 0 Å². The number of anilines is 1. The number of piperazine rings is 1. The van der Waals surface area contributed by atoms with Gasteiger partial charge in [0, 0.05) is 31.4 Å². The van der Waals surface area contributed by atoms with Crippen LogP contribution in [0.25, 0.3) is 28.0 Å². The van der Waals surface area contributed by atoms with Crippen molar-refractivity contribution in [3.63, 3.8) is 0 Å². The van der Waals surface area contributed by atoms with Gasteiger partial charge in [-0.05, 0) is 56.7 Å². The summed E-state index contributed by atoms with van der Waals surface area (Å²) in [5, 5.41) is -0.0225. The quantitative estimate of drug-likeness (QED) is 0.295. The molecule has 5 rings (SSSR count). The predicted octanol–water partition coefficient (Wildman–Crippen LogP) is 4.70. The molecule has 0 N–H and O–H groups in total. The molecule has 0 unspecified atom stereocenters. The van der Waals surface area contributed by atoms with Gasteiger partial charge < -0.3 is 9.80 Å². The highest BCUT2D eigenvalue weighted by Gasteiger charge is 2.34. The van der Waals surface area contributed by atoms with Crippen molar-refractivity contribution >= 4 is 44.2 Å². The summed E-state index contributed by atoms with van der Waals surface area (Å²) in [7, 11) is -3.86. The highest BCUT2D eigenvalue weighted by molar-refractivity contribution is 7.90. The summed E-state index contributed by atoms with van der Waals surface area (Å²) < 4.78 is 57.6. The summed E-state index contributed by atoms with van der Waals surface area (Å²) in [6.07, 6.45) is 2.23. The lowest BCUT2D eigenvalue weighted by atomic mass is 10.1. The third-order valence-corrected chi connectivity index (χ3v) is 8.98. The fourth-order valence-electron chi connectivity index (χ4n) is 5.49. The highest BCUT2D eigenvalue weighted by Crippen LogP contribution is 2.36. The van der Waals surface area contributed by atoms with Gasteiger partial charge >= 0.3 is 5.69 Å². The number of hydrogen-bond acceptors (Lipinski definition) is 7. The number of halogens is 3. The number of aromatic nitrogens is 3. The Morgan fingerprint density at radius 3 is 2.42 bits per heavy atom. The number of para-hydroxylation sites is 1. The van der Waals surface area contributed by atoms with Gasteiger partial charge in [0.1, 0.15) is 17.3 Å². The van der Waals surface area contributed by atoms with Gasteiger partial charge in [-0.25, -0.2) is 31.5 Å². The molecule has 1 aliphatic rings. The van der Waals surface area contributed by atoms with Gasteiger partial charge in [-0.15, -0.1) is 0 Å². The van der Waals surface area contributed by atoms with Crippen LogP contribution in [0.3, 0.4) is 0 Å². The second kappa shape index (κ2) is 11.2. The normalized spacial score (nSPS) is 17.4. The molecular weight excluding hydrogens is 600 g/mol. The smallest absolute Gasteiger partial charge is 0.349 e. The first-order chi connectivity index (χ1) is 20.2. The summed E-state index contributed by atoms with van der Waals surface area (Å²) in [4.78, 5) is 38.4. The molecule has 1 aliphatic heterocycles. The van der Waals surface area contributed by atoms with Crippen LogP contribution in [0.5, 0.6) is 0 Å². The van der Waals surface area contributed by atoms with Crippen LogP contribution in [0.2, 0.25) is 5.02 Å². The highest BCUT2D eigenvalue weighted by atomic mass is 35.5. The van der Waals surface area contributed by atoms with Crippen LogP contribution < -0.4 is 10.6 Å². The number of fused-ring (bicyclic) bond motifs is 1. The molecule has 0 saturated carbocycles. The van der Waals surface area contributed by atoms with E-state index in [1.54, 1.807) is 22.8 Å². The SMILES string of the molecule is C=CC(=O)N1C[C@H](C)N(c2nc(=O)n(-c3c(C)cccc3S(C)(=O)=O)c3nc(-c4c(F)cccc4Cl)c(F)cc23)C[C@@H]1C. The fourth-order valence-corrected chi connectivity index (χ4v) is 6.67. The zero-order valence-corrected chi connectivity index (χ0v) is 25.4. The standard InChI is InChI=1S/C30H28ClF2N5O4S/c1-6-24(39)36-14-18(4)37(15-17(36)3)28-19-13-22(33)26(25-20(31)10-8-11-21(25)32)34-29(19)38(30(40)35-28)27-16(2)9-7-12-23(27)43(5,41)42/h6-13,17-18H,1,14-15H2,2-5H3/t17-,18-/m0/s1. The van der Waals surface area contributed by atoms with Crippen LogP contribution in [0.4, 0.5) is 14.6 Å². The number of hydrogen-bond donors (Lipinski definition) is 0. The molecule has 1 fully saturated rings. The van der Waals surface area contributed by atoms with Crippen molar-refractivity contribution in [2.45, 2.75) is 37.8 Å². The van der Waals surface area contributed by atoms with Crippen LogP contribution >= 0.6 is 11.6 Å². The molecule has 0 spiro atoms. The minimum atomic E-state index is -3.86. The molecule has 2 atom stereocenters. The zero-order chi connectivity index (χ0) is 31.4. The molecule has 43 heavy (non-hydrogen) atoms. The van der Waals surface area contributed by atoms with E-state index in [0.717, 1.165) is 23.0 Å². The second-order valence-electron chi connectivity index (χ2n) is 10.6. The number of benzene rings is 2. The minimum absolute atomic E-state index is 0.00782. The number of carbonyl (C=O) groups excluding carboxylic acids is 1. The first-order valence-corrected chi connectivity index (χ1v) is 15.6. The lowest BCUT2D eigenvalue weighted by Crippen LogP contribution is -2.58. The lowest BCUT2D eigenvalue weighted by molar-refractivity contribution is -0.128. The third-order valence-electron chi connectivity index (χ3n) is 7.54. The molecule has 2 aromatic carbocycles. The molecule has 0 radical (unpaired) electrons. The van der Waals surface area contributed by atoms with Crippen LogP contribution in [-0.4, -0.2) is 65.2 Å². The molecule has 3 heterocycles. The number of rotatable bonds is 5. The van der Waals surface area contributed by atoms with Gasteiger partial charge in [-0.1, -0.05) is 36.4 Å². The van der Waals surface area contributed by atoms with Crippen molar-refractivity contribution < 1.29 is 22.0 Å². The van der Waals surface area contributed by atoms with E-state index in [-0.39, 0.29) is 69.1 Å². The van der Waals surface area contributed by atoms with Crippen LogP contribution in [-0.2, 0) is 14.6 Å². The largest absolute Gasteiger partial charge is 0.355 e. The van der Waals surface area contributed by atoms with Crippen molar-refractivity contribution in [3.8, 4) is 16.9 Å². The minimum Gasteiger partial charge on any atom is -0.349 e. The van der Waals surface area contributed by atoms with E-state index in [9.17, 15) is 18.0 Å². The molecule has 224 valence electrons. The van der Waals surface area contributed by atoms with Crippen molar-refractivity contribution in [1.82, 2.24) is 19.4 Å². The van der Waals surface area contributed by atoms with Gasteiger partial charge in [0.05, 0.1) is 26.6 Å². The van der Waals surface area contributed by atoms with Crippen molar-refractivity contribution in [2.75, 3.05) is 24.2 Å². The van der Waals surface area contributed by atoms with Crippen molar-refractivity contribution in [1.29, 1.82) is 0 Å². The van der Waals surface area contributed by atoms with Gasteiger partial charge in [-0.3, -0.25) is 4.79 Å². The number of sulfone groups is 1. The van der Waals surface area contributed by atoms with Gasteiger partial charge in [0.2, 0.25) is 5.91 Å². The first-order valence-electron chi connectivity index (χ1n) is 13.3. The number of nitrogens with zero attached hydrogens (tertiary/aromatic N) is 5. The Kier molecular flexibility index (Phi) is 7.86. The molecular formula is C30H28ClF2N5O4S. The van der Waals surface area contributed by atoms with E-state index in [1.807, 2.05) is 13.8 Å². The van der Waals surface area contributed by atoms with E-state index in [2.05, 4.69) is 16.5 Å². The summed E-state index contributed by atoms with van der Waals surface area (Å²) in [5.41, 5.74) is -1.39. The predicted molar refractivity (Wildman–Crippen MR) is 162 cm³/mol. The molecule has 2 aromatic heterocycles. The Labute approximate surface area is 252 Å². The Morgan fingerprint density at radius 2 is 1.77 bits per heavy atom. The molecule has 4 aromatic rings. The Hall–Kier alpha value is -4.16. The summed E-state index contributed by atoms with van der Waals surface area (Å²) in [6, 6.07) is 8.77. The van der Waals surface area contributed by atoms with E-state index in [4.69, 9.17) is 11.6 Å². The second-order valence-corrected chi connectivity index (χ2v) is 13.0. The fraction of sp³-hybridized carbons (Fsp3) is 0.267. The van der Waals surface area contributed by atoms with E-state index >= 15 is 8.78 Å². The van der Waals surface area contributed by atoms with E-state index < -0.39 is 32.9 Å². The molecule has 0 aliphatic carbocycles. The van der Waals surface area contributed by atoms with E-state index in [0.29, 0.717) is 5.56 Å². The maximum absolute atomic E-state index is 15.9. The number of carbonyl (C=O) groups is 1. The maximum atomic E-state index is 15.9. The molecule has 0 bridgehead atoms. The molecule has 9 nitrogen and oxygen atoms in total. The van der Waals surface area contributed by atoms with Gasteiger partial charge in [-0.2, -0.15) is 4.98 Å². The number of pyridine rings is 1. The first kappa shape index (κ1) is 30.3. The third kappa shape index (κ3) is 5.29. The van der Waals surface area contributed by atoms with Gasteiger partial charge in [0.25, 0.3) is 0 Å². The average molecular weight is 628 g/mol. The van der Waals surface area contributed by atoms with Crippen LogP contribution in [0.15, 0.2) is 64.8 Å². The Bertz CT molecular complexity index is 1960. The van der Waals surface area contributed by atoms with Crippen LogP contribution in [0.1, 0.15) is 19.4 Å². The summed E-state index contributed by atoms with van der Waals surface area (Å²) in [6.45, 7) is 9.35. The summed E-state index contributed by atoms with van der Waals surface area (Å²) >= 11 is 6.27. The maximum Gasteiger partial charge on any atom is 0.355 e. The monoisotopic (exact) mass is 627 g/mol. The number of aryl methyl sites for hydroxylation is 1. The van der Waals surface area contributed by atoms with Crippen LogP contribution in [0, 0.1) is 18.6 Å². The topological polar surface area (TPSA) is 105 Å². The van der Waals surface area contributed by atoms with Crippen molar-refractivity contribution in [3.05, 3.63) is 87.8 Å². The average Bonchev–Trinajstić information content (AvgIpc) is 2.93. The molecule has 13 heteroatoms. The lowest BCUT2D eigenvalue weighted by Gasteiger charge is -2.44. The molecule has 1 saturated heterocycles. The zero-order valence-electron chi connectivity index (χ0n) is 23.8. The summed E-state index contributed by atoms with van der Waals surface area (Å²) in [5.74, 6) is -1.92. The Morgan fingerprint density at radius 1 is 1.07 bits per heavy atom. The Balaban J connectivity index is 1.87. The van der Waals surface area contributed by atoms with Gasteiger partial charge in [0.15, 0.2) is 21.3 Å². The molecule has 1 amide bonds. The van der Waals surface area contributed by atoms with E-state index in [1.165, 1.54) is 30.3 Å². The number of amides is 1.